The Hall–Kier alpha value is -1.14. The molecule has 0 unspecified atom stereocenters. The van der Waals surface area contributed by atoms with E-state index in [-0.39, 0.29) is 18.6 Å². The van der Waals surface area contributed by atoms with E-state index in [2.05, 4.69) is 9.47 Å². The fourth-order valence-electron chi connectivity index (χ4n) is 0.915. The highest BCUT2D eigenvalue weighted by atomic mass is 35.5. The Labute approximate surface area is 94.7 Å². The molecule has 0 atom stereocenters. The Morgan fingerprint density at radius 3 is 2.31 bits per heavy atom. The summed E-state index contributed by atoms with van der Waals surface area (Å²) < 4.78 is 49.2. The molecule has 0 aliphatic rings. The van der Waals surface area contributed by atoms with Gasteiger partial charge in [-0.25, -0.2) is 0 Å². The highest BCUT2D eigenvalue weighted by Gasteiger charge is 2.32. The van der Waals surface area contributed by atoms with E-state index in [9.17, 15) is 13.2 Å². The van der Waals surface area contributed by atoms with Crippen LogP contribution < -0.4 is 9.47 Å². The molecule has 0 radical (unpaired) electrons. The van der Waals surface area contributed by atoms with Crippen LogP contribution in [0.3, 0.4) is 0 Å². The van der Waals surface area contributed by atoms with Gasteiger partial charge in [-0.15, -0.1) is 13.2 Å². The van der Waals surface area contributed by atoms with Gasteiger partial charge in [0, 0.05) is 0 Å². The number of hydrogen-bond acceptors (Lipinski definition) is 3. The summed E-state index contributed by atoms with van der Waals surface area (Å²) in [7, 11) is 0. The van der Waals surface area contributed by atoms with Crippen molar-refractivity contribution in [3.05, 3.63) is 24.3 Å². The van der Waals surface area contributed by atoms with Crippen molar-refractivity contribution in [2.75, 3.05) is 12.9 Å². The van der Waals surface area contributed by atoms with Crippen LogP contribution >= 0.6 is 11.6 Å². The Balaban J connectivity index is 2.68. The second-order valence-corrected chi connectivity index (χ2v) is 2.79. The Bertz CT molecular complexity index is 330. The molecular formula is C9H8ClF3O3. The molecule has 0 spiro atoms. The molecule has 0 saturated carbocycles. The molecule has 1 rings (SSSR count). The third kappa shape index (κ3) is 4.59. The second kappa shape index (κ2) is 5.81. The summed E-state index contributed by atoms with van der Waals surface area (Å²) in [5.74, 6) is -0.488. The zero-order valence-corrected chi connectivity index (χ0v) is 8.72. The summed E-state index contributed by atoms with van der Waals surface area (Å²) in [5, 5.41) is 0. The third-order valence-electron chi connectivity index (χ3n) is 1.45. The van der Waals surface area contributed by atoms with Gasteiger partial charge in [0.15, 0.2) is 18.3 Å². The monoisotopic (exact) mass is 256 g/mol. The van der Waals surface area contributed by atoms with Crippen molar-refractivity contribution < 1.29 is 27.4 Å². The minimum atomic E-state index is -4.76. The minimum absolute atomic E-state index is 0.0649. The quantitative estimate of drug-likeness (QED) is 0.460. The van der Waals surface area contributed by atoms with Gasteiger partial charge in [0.25, 0.3) is 0 Å². The minimum Gasteiger partial charge on any atom is -0.464 e. The first-order valence-corrected chi connectivity index (χ1v) is 4.67. The number of rotatable bonds is 5. The van der Waals surface area contributed by atoms with Crippen LogP contribution in [-0.4, -0.2) is 19.2 Å². The van der Waals surface area contributed by atoms with Crippen molar-refractivity contribution >= 4 is 11.6 Å². The maximum atomic E-state index is 12.0. The average Bonchev–Trinajstić information content (AvgIpc) is 2.19. The Kier molecular flexibility index (Phi) is 4.70. The molecule has 0 amide bonds. The predicted octanol–water partition coefficient (Wildman–Crippen LogP) is 3.13. The number of hydrogen-bond donors (Lipinski definition) is 0. The molecule has 16 heavy (non-hydrogen) atoms. The number of ether oxygens (including phenoxy) is 3. The standard InChI is InChI=1S/C9H8ClF3O3/c10-5-14-6-15-7-3-1-2-4-8(7)16-9(11,12)13/h1-4H,5-6H2. The fraction of sp³-hybridized carbons (Fsp3) is 0.333. The van der Waals surface area contributed by atoms with Crippen LogP contribution in [0.1, 0.15) is 0 Å². The van der Waals surface area contributed by atoms with E-state index in [0.717, 1.165) is 6.07 Å². The maximum Gasteiger partial charge on any atom is 0.573 e. The number of benzene rings is 1. The SMILES string of the molecule is FC(F)(F)Oc1ccccc1OCOCCl. The van der Waals surface area contributed by atoms with E-state index in [0.29, 0.717) is 0 Å². The lowest BCUT2D eigenvalue weighted by Gasteiger charge is -2.13. The van der Waals surface area contributed by atoms with E-state index in [1.807, 2.05) is 0 Å². The lowest BCUT2D eigenvalue weighted by molar-refractivity contribution is -0.275. The summed E-state index contributed by atoms with van der Waals surface area (Å²) in [6, 6.07) is 5.28. The largest absolute Gasteiger partial charge is 0.573 e. The van der Waals surface area contributed by atoms with Gasteiger partial charge in [-0.05, 0) is 12.1 Å². The molecule has 0 fully saturated rings. The molecule has 0 aliphatic heterocycles. The molecule has 0 saturated heterocycles. The van der Waals surface area contributed by atoms with Crippen LogP contribution in [0.2, 0.25) is 0 Å². The van der Waals surface area contributed by atoms with Gasteiger partial charge >= 0.3 is 6.36 Å². The highest BCUT2D eigenvalue weighted by Crippen LogP contribution is 2.31. The van der Waals surface area contributed by atoms with Crippen LogP contribution in [0.5, 0.6) is 11.5 Å². The molecule has 90 valence electrons. The predicted molar refractivity (Wildman–Crippen MR) is 50.4 cm³/mol. The molecular weight excluding hydrogens is 249 g/mol. The molecule has 0 aromatic heterocycles. The van der Waals surface area contributed by atoms with Crippen molar-refractivity contribution in [3.63, 3.8) is 0 Å². The lowest BCUT2D eigenvalue weighted by Crippen LogP contribution is -2.18. The van der Waals surface area contributed by atoms with Crippen molar-refractivity contribution in [1.29, 1.82) is 0 Å². The number of para-hydroxylation sites is 2. The topological polar surface area (TPSA) is 27.7 Å². The van der Waals surface area contributed by atoms with E-state index < -0.39 is 12.1 Å². The zero-order valence-electron chi connectivity index (χ0n) is 7.96. The Morgan fingerprint density at radius 1 is 1.12 bits per heavy atom. The van der Waals surface area contributed by atoms with Crippen molar-refractivity contribution in [2.45, 2.75) is 6.36 Å². The average molecular weight is 257 g/mol. The normalized spacial score (nSPS) is 11.2. The lowest BCUT2D eigenvalue weighted by atomic mass is 10.3. The van der Waals surface area contributed by atoms with Gasteiger partial charge < -0.3 is 14.2 Å². The van der Waals surface area contributed by atoms with Crippen LogP contribution in [0.15, 0.2) is 24.3 Å². The van der Waals surface area contributed by atoms with Gasteiger partial charge in [-0.2, -0.15) is 0 Å². The van der Waals surface area contributed by atoms with Crippen LogP contribution in [0, 0.1) is 0 Å². The molecule has 0 aliphatic carbocycles. The maximum absolute atomic E-state index is 12.0. The zero-order chi connectivity index (χ0) is 12.0. The van der Waals surface area contributed by atoms with Gasteiger partial charge in [0.1, 0.15) is 6.07 Å². The first-order valence-electron chi connectivity index (χ1n) is 4.14. The highest BCUT2D eigenvalue weighted by molar-refractivity contribution is 6.17. The van der Waals surface area contributed by atoms with Crippen molar-refractivity contribution in [1.82, 2.24) is 0 Å². The molecule has 1 aromatic carbocycles. The summed E-state index contributed by atoms with van der Waals surface area (Å²) in [6.07, 6.45) is -4.76. The fourth-order valence-corrected chi connectivity index (χ4v) is 0.978. The van der Waals surface area contributed by atoms with E-state index in [4.69, 9.17) is 16.3 Å². The first-order chi connectivity index (χ1) is 7.53. The number of alkyl halides is 4. The van der Waals surface area contributed by atoms with E-state index in [1.165, 1.54) is 18.2 Å². The smallest absolute Gasteiger partial charge is 0.464 e. The number of halogens is 4. The molecule has 3 nitrogen and oxygen atoms in total. The molecule has 0 N–H and O–H groups in total. The molecule has 0 bridgehead atoms. The summed E-state index contributed by atoms with van der Waals surface area (Å²) in [5.41, 5.74) is 0. The van der Waals surface area contributed by atoms with Gasteiger partial charge in [-0.3, -0.25) is 0 Å². The first kappa shape index (κ1) is 12.9. The van der Waals surface area contributed by atoms with Gasteiger partial charge in [0.05, 0.1) is 0 Å². The van der Waals surface area contributed by atoms with Crippen molar-refractivity contribution in [3.8, 4) is 11.5 Å². The summed E-state index contributed by atoms with van der Waals surface area (Å²) in [6.45, 7) is -0.248. The van der Waals surface area contributed by atoms with E-state index in [1.54, 1.807) is 0 Å². The molecule has 7 heteroatoms. The molecule has 0 heterocycles. The summed E-state index contributed by atoms with van der Waals surface area (Å²) in [4.78, 5) is 0. The second-order valence-electron chi connectivity index (χ2n) is 2.57. The van der Waals surface area contributed by atoms with Crippen LogP contribution in [0.4, 0.5) is 13.2 Å². The van der Waals surface area contributed by atoms with Gasteiger partial charge in [0.2, 0.25) is 0 Å². The third-order valence-corrected chi connectivity index (χ3v) is 1.60. The van der Waals surface area contributed by atoms with Crippen LogP contribution in [-0.2, 0) is 4.74 Å². The Morgan fingerprint density at radius 2 is 1.75 bits per heavy atom. The van der Waals surface area contributed by atoms with Gasteiger partial charge in [-0.1, -0.05) is 23.7 Å². The van der Waals surface area contributed by atoms with Crippen molar-refractivity contribution in [2.24, 2.45) is 0 Å². The summed E-state index contributed by atoms with van der Waals surface area (Å²) >= 11 is 5.20. The van der Waals surface area contributed by atoms with Crippen LogP contribution in [0.25, 0.3) is 0 Å². The van der Waals surface area contributed by atoms with E-state index >= 15 is 0 Å². The molecule has 1 aromatic rings.